The molecule has 1 aliphatic heterocycles. The maximum Gasteiger partial charge on any atom is 0.292 e. The summed E-state index contributed by atoms with van der Waals surface area (Å²) in [7, 11) is 0. The van der Waals surface area contributed by atoms with E-state index in [0.29, 0.717) is 22.5 Å². The highest BCUT2D eigenvalue weighted by Gasteiger charge is 2.24. The smallest absolute Gasteiger partial charge is 0.292 e. The van der Waals surface area contributed by atoms with Crippen LogP contribution in [0.15, 0.2) is 40.9 Å². The van der Waals surface area contributed by atoms with Gasteiger partial charge in [-0.25, -0.2) is 0 Å². The van der Waals surface area contributed by atoms with E-state index in [0.717, 1.165) is 30.4 Å². The van der Waals surface area contributed by atoms with Gasteiger partial charge in [-0.3, -0.25) is 14.9 Å². The third kappa shape index (κ3) is 3.82. The lowest BCUT2D eigenvalue weighted by molar-refractivity contribution is -0.384. The zero-order chi connectivity index (χ0) is 18.0. The van der Waals surface area contributed by atoms with E-state index < -0.39 is 0 Å². The monoisotopic (exact) mass is 403 g/mol. The Morgan fingerprint density at radius 3 is 2.60 bits per heavy atom. The third-order valence-corrected chi connectivity index (χ3v) is 4.79. The predicted octanol–water partition coefficient (Wildman–Crippen LogP) is 4.52. The summed E-state index contributed by atoms with van der Waals surface area (Å²) < 4.78 is 0.818. The summed E-state index contributed by atoms with van der Waals surface area (Å²) in [5, 5.41) is 14.3. The van der Waals surface area contributed by atoms with Crippen LogP contribution in [0.2, 0.25) is 0 Å². The molecule has 130 valence electrons. The van der Waals surface area contributed by atoms with Gasteiger partial charge >= 0.3 is 0 Å². The molecule has 7 heteroatoms. The first-order chi connectivity index (χ1) is 12.0. The third-order valence-electron chi connectivity index (χ3n) is 4.30. The lowest BCUT2D eigenvalue weighted by Crippen LogP contribution is -2.20. The number of hydrogen-bond acceptors (Lipinski definition) is 4. The molecular formula is C18H18BrN3O3. The van der Waals surface area contributed by atoms with Gasteiger partial charge in [-0.2, -0.15) is 0 Å². The standard InChI is InChI=1S/C18H18BrN3O3/c1-12-9-17(22(24)25)16(21-7-2-3-8-21)11-15(12)20-18(23)13-5-4-6-14(19)10-13/h4-6,9-11H,2-3,7-8H2,1H3,(H,20,23). The van der Waals surface area contributed by atoms with E-state index in [4.69, 9.17) is 0 Å². The Morgan fingerprint density at radius 1 is 1.24 bits per heavy atom. The zero-order valence-corrected chi connectivity index (χ0v) is 15.4. The van der Waals surface area contributed by atoms with Crippen LogP contribution in [0.25, 0.3) is 0 Å². The van der Waals surface area contributed by atoms with Gasteiger partial charge in [0.2, 0.25) is 0 Å². The van der Waals surface area contributed by atoms with E-state index in [1.807, 2.05) is 11.0 Å². The molecule has 1 aliphatic rings. The minimum Gasteiger partial charge on any atom is -0.366 e. The molecule has 2 aromatic carbocycles. The topological polar surface area (TPSA) is 75.5 Å². The number of nitro benzene ring substituents is 1. The van der Waals surface area contributed by atoms with Crippen molar-refractivity contribution in [3.63, 3.8) is 0 Å². The Bertz CT molecular complexity index is 832. The van der Waals surface area contributed by atoms with Crippen LogP contribution >= 0.6 is 15.9 Å². The van der Waals surface area contributed by atoms with E-state index in [1.165, 1.54) is 6.07 Å². The van der Waals surface area contributed by atoms with Crippen molar-refractivity contribution in [2.45, 2.75) is 19.8 Å². The fourth-order valence-electron chi connectivity index (χ4n) is 3.00. The average Bonchev–Trinajstić information content (AvgIpc) is 3.10. The van der Waals surface area contributed by atoms with Crippen molar-refractivity contribution in [3.8, 4) is 0 Å². The molecule has 1 N–H and O–H groups in total. The normalized spacial score (nSPS) is 13.8. The van der Waals surface area contributed by atoms with E-state index in [1.54, 1.807) is 31.2 Å². The second-order valence-corrected chi connectivity index (χ2v) is 6.99. The van der Waals surface area contributed by atoms with Gasteiger partial charge in [-0.15, -0.1) is 0 Å². The van der Waals surface area contributed by atoms with Gasteiger partial charge in [0.05, 0.1) is 4.92 Å². The van der Waals surface area contributed by atoms with Crippen molar-refractivity contribution in [2.24, 2.45) is 0 Å². The number of rotatable bonds is 4. The van der Waals surface area contributed by atoms with Crippen molar-refractivity contribution in [3.05, 3.63) is 62.1 Å². The number of carbonyl (C=O) groups excluding carboxylic acids is 1. The van der Waals surface area contributed by atoms with Gasteiger partial charge < -0.3 is 10.2 Å². The summed E-state index contributed by atoms with van der Waals surface area (Å²) in [5.74, 6) is -0.245. The summed E-state index contributed by atoms with van der Waals surface area (Å²) in [6.45, 7) is 3.35. The van der Waals surface area contributed by atoms with Crippen LogP contribution in [0.5, 0.6) is 0 Å². The summed E-state index contributed by atoms with van der Waals surface area (Å²) in [6.07, 6.45) is 2.04. The van der Waals surface area contributed by atoms with Crippen molar-refractivity contribution < 1.29 is 9.72 Å². The highest BCUT2D eigenvalue weighted by atomic mass is 79.9. The van der Waals surface area contributed by atoms with Crippen molar-refractivity contribution in [2.75, 3.05) is 23.3 Å². The van der Waals surface area contributed by atoms with Crippen molar-refractivity contribution in [1.29, 1.82) is 0 Å². The molecule has 0 aromatic heterocycles. The zero-order valence-electron chi connectivity index (χ0n) is 13.8. The number of aryl methyl sites for hydroxylation is 1. The summed E-state index contributed by atoms with van der Waals surface area (Å²) in [4.78, 5) is 25.5. The molecule has 1 fully saturated rings. The second-order valence-electron chi connectivity index (χ2n) is 6.07. The minimum atomic E-state index is -0.361. The number of nitrogens with zero attached hydrogens (tertiary/aromatic N) is 2. The largest absolute Gasteiger partial charge is 0.366 e. The number of hydrogen-bond donors (Lipinski definition) is 1. The summed E-state index contributed by atoms with van der Waals surface area (Å²) >= 11 is 3.35. The molecule has 0 unspecified atom stereocenters. The van der Waals surface area contributed by atoms with Crippen molar-refractivity contribution in [1.82, 2.24) is 0 Å². The summed E-state index contributed by atoms with van der Waals surface area (Å²) in [6, 6.07) is 10.3. The van der Waals surface area contributed by atoms with Gasteiger partial charge in [0.1, 0.15) is 5.69 Å². The molecule has 0 saturated carbocycles. The minimum absolute atomic E-state index is 0.0832. The van der Waals surface area contributed by atoms with Gasteiger partial charge in [-0.05, 0) is 49.6 Å². The van der Waals surface area contributed by atoms with Crippen LogP contribution in [0.4, 0.5) is 17.1 Å². The molecule has 6 nitrogen and oxygen atoms in total. The van der Waals surface area contributed by atoms with E-state index in [9.17, 15) is 14.9 Å². The molecular weight excluding hydrogens is 386 g/mol. The second kappa shape index (κ2) is 7.23. The maximum absolute atomic E-state index is 12.5. The number of amides is 1. The first-order valence-electron chi connectivity index (χ1n) is 8.06. The Hall–Kier alpha value is -2.41. The number of nitrogens with one attached hydrogen (secondary N) is 1. The molecule has 0 aliphatic carbocycles. The van der Waals surface area contributed by atoms with Gasteiger partial charge in [0.15, 0.2) is 0 Å². The molecule has 1 saturated heterocycles. The van der Waals surface area contributed by atoms with E-state index >= 15 is 0 Å². The number of nitro groups is 1. The van der Waals surface area contributed by atoms with Gasteiger partial charge in [0, 0.05) is 34.9 Å². The fraction of sp³-hybridized carbons (Fsp3) is 0.278. The number of carbonyl (C=O) groups is 1. The quantitative estimate of drug-likeness (QED) is 0.601. The summed E-state index contributed by atoms with van der Waals surface area (Å²) in [5.41, 5.74) is 2.43. The van der Waals surface area contributed by atoms with Crippen LogP contribution in [-0.2, 0) is 0 Å². The van der Waals surface area contributed by atoms with Gasteiger partial charge in [0.25, 0.3) is 11.6 Å². The molecule has 0 bridgehead atoms. The Balaban J connectivity index is 1.94. The molecule has 0 spiro atoms. The molecule has 3 rings (SSSR count). The molecule has 1 heterocycles. The molecule has 0 atom stereocenters. The first kappa shape index (κ1) is 17.4. The Labute approximate surface area is 154 Å². The number of benzene rings is 2. The maximum atomic E-state index is 12.5. The molecule has 0 radical (unpaired) electrons. The van der Waals surface area contributed by atoms with E-state index in [2.05, 4.69) is 21.2 Å². The predicted molar refractivity (Wildman–Crippen MR) is 101 cm³/mol. The highest BCUT2D eigenvalue weighted by molar-refractivity contribution is 9.10. The number of halogens is 1. The fourth-order valence-corrected chi connectivity index (χ4v) is 3.40. The van der Waals surface area contributed by atoms with Crippen LogP contribution < -0.4 is 10.2 Å². The molecule has 1 amide bonds. The first-order valence-corrected chi connectivity index (χ1v) is 8.86. The Kier molecular flexibility index (Phi) is 5.03. The van der Waals surface area contributed by atoms with Crippen LogP contribution in [-0.4, -0.2) is 23.9 Å². The van der Waals surface area contributed by atoms with Crippen LogP contribution in [0.3, 0.4) is 0 Å². The Morgan fingerprint density at radius 2 is 1.96 bits per heavy atom. The highest BCUT2D eigenvalue weighted by Crippen LogP contribution is 2.35. The number of anilines is 2. The van der Waals surface area contributed by atoms with Crippen LogP contribution in [0, 0.1) is 17.0 Å². The molecule has 25 heavy (non-hydrogen) atoms. The lowest BCUT2D eigenvalue weighted by atomic mass is 10.1. The van der Waals surface area contributed by atoms with Gasteiger partial charge in [-0.1, -0.05) is 22.0 Å². The molecule has 2 aromatic rings. The average molecular weight is 404 g/mol. The SMILES string of the molecule is Cc1cc([N+](=O)[O-])c(N2CCCC2)cc1NC(=O)c1cccc(Br)c1. The van der Waals surface area contributed by atoms with E-state index in [-0.39, 0.29) is 16.5 Å². The van der Waals surface area contributed by atoms with Crippen molar-refractivity contribution >= 4 is 38.9 Å². The lowest BCUT2D eigenvalue weighted by Gasteiger charge is -2.20. The van der Waals surface area contributed by atoms with Crippen LogP contribution in [0.1, 0.15) is 28.8 Å².